The van der Waals surface area contributed by atoms with Gasteiger partial charge in [-0.05, 0) is 67.0 Å². The number of aryl methyl sites for hydroxylation is 1. The number of aromatic amines is 1. The van der Waals surface area contributed by atoms with E-state index in [-0.39, 0.29) is 57.4 Å². The quantitative estimate of drug-likeness (QED) is 0.240. The lowest BCUT2D eigenvalue weighted by molar-refractivity contribution is -0.123. The second-order valence-electron chi connectivity index (χ2n) is 11.8. The highest BCUT2D eigenvalue weighted by Gasteiger charge is 2.69. The molecule has 3 fully saturated rings. The third kappa shape index (κ3) is 4.00. The minimum atomic E-state index is -0.339. The molecule has 9 heteroatoms. The maximum Gasteiger partial charge on any atom is 0.305 e. The summed E-state index contributed by atoms with van der Waals surface area (Å²) >= 11 is 6.42. The molecule has 2 amide bonds. The van der Waals surface area contributed by atoms with Gasteiger partial charge >= 0.3 is 4.87 Å². The first-order chi connectivity index (χ1) is 20.4. The van der Waals surface area contributed by atoms with E-state index in [1.54, 1.807) is 11.8 Å². The number of nitrogens with one attached hydrogen (secondary N) is 1. The van der Waals surface area contributed by atoms with Crippen molar-refractivity contribution in [3.05, 3.63) is 109 Å². The van der Waals surface area contributed by atoms with E-state index in [2.05, 4.69) is 58.2 Å². The number of carbonyl (C=O) groups is 2. The molecule has 4 aromatic rings. The van der Waals surface area contributed by atoms with Gasteiger partial charge in [-0.3, -0.25) is 19.3 Å². The lowest BCUT2D eigenvalue weighted by atomic mass is 9.68. The number of imide groups is 1. The van der Waals surface area contributed by atoms with Crippen LogP contribution < -0.4 is 14.5 Å². The molecular weight excluding hydrogens is 632 g/mol. The Morgan fingerprint density at radius 2 is 1.64 bits per heavy atom. The zero-order valence-electron chi connectivity index (χ0n) is 22.7. The number of hydrogen-bond acceptors (Lipinski definition) is 6. The van der Waals surface area contributed by atoms with Crippen molar-refractivity contribution in [1.82, 2.24) is 4.98 Å². The van der Waals surface area contributed by atoms with Gasteiger partial charge in [-0.25, -0.2) is 0 Å². The van der Waals surface area contributed by atoms with Gasteiger partial charge in [-0.2, -0.15) is 0 Å². The van der Waals surface area contributed by atoms with E-state index in [1.165, 1.54) is 21.8 Å². The first kappa shape index (κ1) is 26.5. The number of amides is 2. The molecule has 7 atom stereocenters. The summed E-state index contributed by atoms with van der Waals surface area (Å²) in [5, 5.41) is 1.03. The summed E-state index contributed by atoms with van der Waals surface area (Å²) in [6.07, 6.45) is 0.853. The first-order valence-corrected chi connectivity index (χ1v) is 16.7. The van der Waals surface area contributed by atoms with Gasteiger partial charge in [0.1, 0.15) is 12.4 Å². The summed E-state index contributed by atoms with van der Waals surface area (Å²) in [5.41, 5.74) is 3.97. The van der Waals surface area contributed by atoms with E-state index >= 15 is 0 Å². The molecule has 1 saturated heterocycles. The predicted molar refractivity (Wildman–Crippen MR) is 167 cm³/mol. The fraction of sp³-hybridized carbons (Fsp3) is 0.303. The molecule has 5 unspecified atom stereocenters. The molecule has 8 rings (SSSR count). The molecule has 2 saturated carbocycles. The molecule has 4 aliphatic rings. The number of rotatable bonds is 5. The Labute approximate surface area is 259 Å². The van der Waals surface area contributed by atoms with Crippen LogP contribution in [0.15, 0.2) is 87.1 Å². The maximum absolute atomic E-state index is 14.0. The van der Waals surface area contributed by atoms with Crippen molar-refractivity contribution >= 4 is 56.5 Å². The number of para-hydroxylation sites is 1. The highest BCUT2D eigenvalue weighted by atomic mass is 79.9. The average Bonchev–Trinajstić information content (AvgIpc) is 3.72. The van der Waals surface area contributed by atoms with Gasteiger partial charge in [-0.1, -0.05) is 75.3 Å². The minimum Gasteiger partial charge on any atom is -0.489 e. The Hall–Kier alpha value is -3.14. The highest BCUT2D eigenvalue weighted by molar-refractivity contribution is 9.10. The summed E-state index contributed by atoms with van der Waals surface area (Å²) in [5.74, 6) is 0.122. The molecule has 2 aliphatic carbocycles. The highest BCUT2D eigenvalue weighted by Crippen LogP contribution is 2.69. The number of thioether (sulfide) groups is 1. The van der Waals surface area contributed by atoms with Gasteiger partial charge in [0.25, 0.3) is 0 Å². The fourth-order valence-electron chi connectivity index (χ4n) is 7.92. The van der Waals surface area contributed by atoms with Crippen LogP contribution >= 0.6 is 39.0 Å². The van der Waals surface area contributed by atoms with E-state index in [0.717, 1.165) is 37.7 Å². The predicted octanol–water partition coefficient (Wildman–Crippen LogP) is 6.76. The Morgan fingerprint density at radius 1 is 0.929 bits per heavy atom. The second kappa shape index (κ2) is 9.96. The summed E-state index contributed by atoms with van der Waals surface area (Å²) in [6.45, 7) is 2.51. The summed E-state index contributed by atoms with van der Waals surface area (Å²) < 4.78 is 7.35. The van der Waals surface area contributed by atoms with Gasteiger partial charge < -0.3 is 9.72 Å². The lowest BCUT2D eigenvalue weighted by Crippen LogP contribution is -2.42. The van der Waals surface area contributed by atoms with Crippen LogP contribution in [-0.4, -0.2) is 22.0 Å². The maximum atomic E-state index is 14.0. The zero-order valence-corrected chi connectivity index (χ0v) is 25.9. The molecule has 6 nitrogen and oxygen atoms in total. The Balaban J connectivity index is 1.18. The molecule has 2 bridgehead atoms. The molecule has 0 radical (unpaired) electrons. The van der Waals surface area contributed by atoms with Gasteiger partial charge in [0.2, 0.25) is 11.8 Å². The number of thiazole rings is 1. The molecule has 42 heavy (non-hydrogen) atoms. The van der Waals surface area contributed by atoms with Crippen molar-refractivity contribution in [2.75, 3.05) is 4.90 Å². The summed E-state index contributed by atoms with van der Waals surface area (Å²) in [6, 6.07) is 23.8. The average molecular weight is 660 g/mol. The van der Waals surface area contributed by atoms with Crippen molar-refractivity contribution in [2.24, 2.45) is 29.6 Å². The number of H-pyrrole nitrogens is 1. The number of benzene rings is 3. The molecule has 212 valence electrons. The Kier molecular flexibility index (Phi) is 6.28. The van der Waals surface area contributed by atoms with Crippen molar-refractivity contribution in [3.8, 4) is 5.75 Å². The molecule has 3 aromatic carbocycles. The largest absolute Gasteiger partial charge is 0.489 e. The van der Waals surface area contributed by atoms with Crippen LogP contribution in [0.2, 0.25) is 0 Å². The standard InChI is InChI=1S/C33H27BrN2O4S2/c1-16-6-8-17(9-7-16)15-40-23-5-3-2-4-20(23)24-25-21-14-22(28(25)41-30-29(24)42-33(39)35-30)27-26(21)31(37)36(32(27)38)19-12-10-18(34)11-13-19/h2-13,21-22,24-28H,14-15H2,1H3,(H,35,39)/t21-,22-,24?,25?,26?,27?,28?/m1/s1. The van der Waals surface area contributed by atoms with E-state index in [4.69, 9.17) is 4.74 Å². The topological polar surface area (TPSA) is 79.5 Å². The van der Waals surface area contributed by atoms with Crippen LogP contribution in [0.5, 0.6) is 5.75 Å². The number of nitrogens with zero attached hydrogens (tertiary/aromatic N) is 1. The normalized spacial score (nSPS) is 29.0. The van der Waals surface area contributed by atoms with E-state index in [9.17, 15) is 14.4 Å². The number of ether oxygens (including phenoxy) is 1. The van der Waals surface area contributed by atoms with Gasteiger partial charge in [0.05, 0.1) is 22.5 Å². The Bertz CT molecular complexity index is 1780. The Morgan fingerprint density at radius 3 is 2.40 bits per heavy atom. The molecule has 3 heterocycles. The minimum absolute atomic E-state index is 0.0508. The zero-order chi connectivity index (χ0) is 28.7. The molecule has 1 aromatic heterocycles. The van der Waals surface area contributed by atoms with Crippen LogP contribution in [0.3, 0.4) is 0 Å². The number of aromatic nitrogens is 1. The monoisotopic (exact) mass is 658 g/mol. The van der Waals surface area contributed by atoms with Crippen molar-refractivity contribution in [1.29, 1.82) is 0 Å². The molecule has 0 spiro atoms. The van der Waals surface area contributed by atoms with Crippen LogP contribution in [0, 0.1) is 36.5 Å². The SMILES string of the molecule is Cc1ccc(COc2ccccc2C2c3sc(=O)[nH]c3SC3C2[C@H]2C[C@@H]3C3C(=O)N(c4ccc(Br)cc4)C(=O)C32)cc1. The van der Waals surface area contributed by atoms with E-state index < -0.39 is 0 Å². The van der Waals surface area contributed by atoms with Crippen LogP contribution in [-0.2, 0) is 16.2 Å². The first-order valence-electron chi connectivity index (χ1n) is 14.2. The van der Waals surface area contributed by atoms with Crippen molar-refractivity contribution in [3.63, 3.8) is 0 Å². The third-order valence-corrected chi connectivity index (χ3v) is 12.7. The molecule has 2 aliphatic heterocycles. The number of anilines is 1. The molecule has 1 N–H and O–H groups in total. The number of hydrogen-bond donors (Lipinski definition) is 1. The third-order valence-electron chi connectivity index (χ3n) is 9.58. The summed E-state index contributed by atoms with van der Waals surface area (Å²) in [7, 11) is 0. The van der Waals surface area contributed by atoms with Crippen LogP contribution in [0.25, 0.3) is 0 Å². The lowest BCUT2D eigenvalue weighted by Gasteiger charge is -2.43. The van der Waals surface area contributed by atoms with Crippen molar-refractivity contribution < 1.29 is 14.3 Å². The molecular formula is C33H27BrN2O4S2. The number of carbonyl (C=O) groups excluding carboxylic acids is 2. The van der Waals surface area contributed by atoms with Crippen LogP contribution in [0.1, 0.15) is 33.9 Å². The van der Waals surface area contributed by atoms with Crippen molar-refractivity contribution in [2.45, 2.75) is 36.1 Å². The van der Waals surface area contributed by atoms with Gasteiger partial charge in [0.15, 0.2) is 0 Å². The summed E-state index contributed by atoms with van der Waals surface area (Å²) in [4.78, 5) is 46.0. The number of halogens is 1. The number of fused-ring (bicyclic) bond motifs is 9. The van der Waals surface area contributed by atoms with E-state index in [0.29, 0.717) is 12.3 Å². The smallest absolute Gasteiger partial charge is 0.305 e. The van der Waals surface area contributed by atoms with Gasteiger partial charge in [0, 0.05) is 26.1 Å². The van der Waals surface area contributed by atoms with Gasteiger partial charge in [-0.15, -0.1) is 11.8 Å². The second-order valence-corrected chi connectivity index (χ2v) is 14.9. The fourth-order valence-corrected chi connectivity index (χ4v) is 11.1. The van der Waals surface area contributed by atoms with Crippen LogP contribution in [0.4, 0.5) is 5.69 Å². The van der Waals surface area contributed by atoms with E-state index in [1.807, 2.05) is 42.5 Å².